The summed E-state index contributed by atoms with van der Waals surface area (Å²) < 4.78 is 6.10. The second kappa shape index (κ2) is 11.1. The minimum absolute atomic E-state index is 0.694. The Labute approximate surface area is 270 Å². The molecule has 0 saturated heterocycles. The molecule has 9 rings (SSSR count). The fraction of sp³-hybridized carbons (Fsp3) is 0. The van der Waals surface area contributed by atoms with Crippen molar-refractivity contribution in [1.82, 2.24) is 24.9 Å². The second-order valence-electron chi connectivity index (χ2n) is 11.4. The van der Waals surface area contributed by atoms with Crippen LogP contribution in [-0.2, 0) is 0 Å². The van der Waals surface area contributed by atoms with Crippen LogP contribution in [0.5, 0.6) is 0 Å². The highest BCUT2D eigenvalue weighted by Crippen LogP contribution is 2.38. The van der Waals surface area contributed by atoms with Gasteiger partial charge in [0.2, 0.25) is 0 Å². The van der Waals surface area contributed by atoms with Gasteiger partial charge < -0.3 is 4.42 Å². The molecule has 47 heavy (non-hydrogen) atoms. The van der Waals surface area contributed by atoms with Crippen LogP contribution in [0.4, 0.5) is 0 Å². The molecular weight excluding hydrogens is 578 g/mol. The molecule has 5 aromatic heterocycles. The SMILES string of the molecule is c1ccc(-c2cc(-c3ccc(-c4cc(-c5nccc6oc7cnccc7c56)nc5ccccc45)cc3)nc(-c3ccccc3)n2)cc1. The summed E-state index contributed by atoms with van der Waals surface area (Å²) >= 11 is 0. The topological polar surface area (TPSA) is 77.6 Å². The first kappa shape index (κ1) is 26.8. The van der Waals surface area contributed by atoms with Crippen LogP contribution >= 0.6 is 0 Å². The predicted molar refractivity (Wildman–Crippen MR) is 187 cm³/mol. The fourth-order valence-corrected chi connectivity index (χ4v) is 6.19. The summed E-state index contributed by atoms with van der Waals surface area (Å²) in [6.45, 7) is 0. The number of hydrogen-bond donors (Lipinski definition) is 0. The van der Waals surface area contributed by atoms with E-state index in [1.165, 1.54) is 0 Å². The molecular formula is C41H25N5O. The highest BCUT2D eigenvalue weighted by molar-refractivity contribution is 6.11. The monoisotopic (exact) mass is 603 g/mol. The van der Waals surface area contributed by atoms with Gasteiger partial charge >= 0.3 is 0 Å². The molecule has 4 aromatic carbocycles. The van der Waals surface area contributed by atoms with E-state index in [-0.39, 0.29) is 0 Å². The van der Waals surface area contributed by atoms with E-state index in [0.29, 0.717) is 5.82 Å². The molecule has 220 valence electrons. The van der Waals surface area contributed by atoms with Crippen molar-refractivity contribution in [1.29, 1.82) is 0 Å². The summed E-state index contributed by atoms with van der Waals surface area (Å²) in [6.07, 6.45) is 5.29. The number of rotatable bonds is 5. The number of nitrogens with zero attached hydrogens (tertiary/aromatic N) is 5. The van der Waals surface area contributed by atoms with Crippen molar-refractivity contribution in [2.75, 3.05) is 0 Å². The summed E-state index contributed by atoms with van der Waals surface area (Å²) in [4.78, 5) is 24.1. The second-order valence-corrected chi connectivity index (χ2v) is 11.4. The van der Waals surface area contributed by atoms with Crippen molar-refractivity contribution in [2.45, 2.75) is 0 Å². The minimum atomic E-state index is 0.694. The van der Waals surface area contributed by atoms with Gasteiger partial charge in [-0.05, 0) is 41.5 Å². The number of aromatic nitrogens is 5. The van der Waals surface area contributed by atoms with E-state index in [4.69, 9.17) is 24.4 Å². The van der Waals surface area contributed by atoms with Crippen LogP contribution in [0.15, 0.2) is 156 Å². The van der Waals surface area contributed by atoms with Crippen molar-refractivity contribution in [2.24, 2.45) is 0 Å². The fourth-order valence-electron chi connectivity index (χ4n) is 6.19. The van der Waals surface area contributed by atoms with E-state index >= 15 is 0 Å². The van der Waals surface area contributed by atoms with Crippen LogP contribution in [0.2, 0.25) is 0 Å². The third-order valence-corrected chi connectivity index (χ3v) is 8.46. The van der Waals surface area contributed by atoms with Gasteiger partial charge in [0.15, 0.2) is 11.4 Å². The summed E-state index contributed by atoms with van der Waals surface area (Å²) in [7, 11) is 0. The summed E-state index contributed by atoms with van der Waals surface area (Å²) in [5.74, 6) is 0.694. The average Bonchev–Trinajstić information content (AvgIpc) is 3.54. The Morgan fingerprint density at radius 3 is 1.94 bits per heavy atom. The Bertz CT molecular complexity index is 2500. The molecule has 0 fully saturated rings. The lowest BCUT2D eigenvalue weighted by Gasteiger charge is -2.12. The number of pyridine rings is 3. The lowest BCUT2D eigenvalue weighted by Crippen LogP contribution is -1.96. The Balaban J connectivity index is 1.18. The molecule has 0 aliphatic heterocycles. The van der Waals surface area contributed by atoms with Gasteiger partial charge in [0, 0.05) is 39.9 Å². The van der Waals surface area contributed by atoms with Crippen LogP contribution in [0.1, 0.15) is 0 Å². The standard InChI is InChI=1S/C41H25N5O/c1-3-9-27(10-4-1)34-24-35(46-41(45-34)29-11-5-2-6-12-29)28-17-15-26(16-18-28)32-23-36(44-33-14-8-7-13-30(32)33)40-39-31-19-21-42-25-38(31)47-37(39)20-22-43-40/h1-25H. The lowest BCUT2D eigenvalue weighted by atomic mass is 9.97. The first-order valence-corrected chi connectivity index (χ1v) is 15.4. The van der Waals surface area contributed by atoms with Crippen molar-refractivity contribution < 1.29 is 4.42 Å². The predicted octanol–water partition coefficient (Wildman–Crippen LogP) is 10.0. The maximum atomic E-state index is 6.10. The van der Waals surface area contributed by atoms with Crippen LogP contribution < -0.4 is 0 Å². The third-order valence-electron chi connectivity index (χ3n) is 8.46. The Hall–Kier alpha value is -6.53. The largest absolute Gasteiger partial charge is 0.454 e. The van der Waals surface area contributed by atoms with Gasteiger partial charge in [-0.3, -0.25) is 9.97 Å². The molecule has 0 spiro atoms. The minimum Gasteiger partial charge on any atom is -0.454 e. The van der Waals surface area contributed by atoms with E-state index in [1.54, 1.807) is 18.6 Å². The molecule has 0 saturated carbocycles. The summed E-state index contributed by atoms with van der Waals surface area (Å²) in [5, 5.41) is 2.96. The highest BCUT2D eigenvalue weighted by atomic mass is 16.3. The molecule has 6 nitrogen and oxygen atoms in total. The van der Waals surface area contributed by atoms with E-state index < -0.39 is 0 Å². The molecule has 0 atom stereocenters. The molecule has 0 aliphatic carbocycles. The number of hydrogen-bond acceptors (Lipinski definition) is 6. The smallest absolute Gasteiger partial charge is 0.160 e. The molecule has 5 heterocycles. The molecule has 0 amide bonds. The van der Waals surface area contributed by atoms with Gasteiger partial charge in [0.1, 0.15) is 11.3 Å². The van der Waals surface area contributed by atoms with Gasteiger partial charge in [0.25, 0.3) is 0 Å². The Morgan fingerprint density at radius 1 is 0.468 bits per heavy atom. The van der Waals surface area contributed by atoms with Gasteiger partial charge in [-0.25, -0.2) is 15.0 Å². The molecule has 0 bridgehead atoms. The lowest BCUT2D eigenvalue weighted by molar-refractivity contribution is 0.666. The van der Waals surface area contributed by atoms with Crippen LogP contribution in [0.3, 0.4) is 0 Å². The molecule has 6 heteroatoms. The van der Waals surface area contributed by atoms with Crippen molar-refractivity contribution in [3.63, 3.8) is 0 Å². The number of para-hydroxylation sites is 1. The first-order chi connectivity index (χ1) is 23.3. The van der Waals surface area contributed by atoms with Crippen LogP contribution in [0, 0.1) is 0 Å². The number of fused-ring (bicyclic) bond motifs is 4. The zero-order chi connectivity index (χ0) is 31.2. The maximum absolute atomic E-state index is 6.10. The third kappa shape index (κ3) is 4.80. The zero-order valence-corrected chi connectivity index (χ0v) is 25.1. The number of furan rings is 1. The van der Waals surface area contributed by atoms with E-state index in [9.17, 15) is 0 Å². The van der Waals surface area contributed by atoms with Gasteiger partial charge in [-0.15, -0.1) is 0 Å². The average molecular weight is 604 g/mol. The van der Waals surface area contributed by atoms with Crippen molar-refractivity contribution in [3.05, 3.63) is 152 Å². The zero-order valence-electron chi connectivity index (χ0n) is 25.1. The summed E-state index contributed by atoms with van der Waals surface area (Å²) in [5.41, 5.74) is 10.9. The van der Waals surface area contributed by atoms with Gasteiger partial charge in [-0.2, -0.15) is 0 Å². The highest BCUT2D eigenvalue weighted by Gasteiger charge is 2.17. The number of benzene rings is 4. The Morgan fingerprint density at radius 2 is 1.15 bits per heavy atom. The Kier molecular flexibility index (Phi) is 6.35. The molecule has 0 unspecified atom stereocenters. The molecule has 0 radical (unpaired) electrons. The van der Waals surface area contributed by atoms with Gasteiger partial charge in [0.05, 0.1) is 34.2 Å². The van der Waals surface area contributed by atoms with E-state index in [2.05, 4.69) is 59.6 Å². The van der Waals surface area contributed by atoms with E-state index in [0.717, 1.165) is 83.4 Å². The molecule has 0 aliphatic rings. The summed E-state index contributed by atoms with van der Waals surface area (Å²) in [6, 6.07) is 45.2. The normalized spacial score (nSPS) is 11.4. The van der Waals surface area contributed by atoms with E-state index in [1.807, 2.05) is 78.9 Å². The maximum Gasteiger partial charge on any atom is 0.160 e. The van der Waals surface area contributed by atoms with Crippen molar-refractivity contribution in [3.8, 4) is 56.4 Å². The first-order valence-electron chi connectivity index (χ1n) is 15.4. The quantitative estimate of drug-likeness (QED) is 0.195. The molecule has 0 N–H and O–H groups in total. The van der Waals surface area contributed by atoms with Gasteiger partial charge in [-0.1, -0.05) is 103 Å². The molecule has 9 aromatic rings. The van der Waals surface area contributed by atoms with Crippen LogP contribution in [-0.4, -0.2) is 24.9 Å². The van der Waals surface area contributed by atoms with Crippen molar-refractivity contribution >= 4 is 32.8 Å². The van der Waals surface area contributed by atoms with Crippen LogP contribution in [0.25, 0.3) is 89.3 Å².